The number of carboxylic acids is 1. The molecule has 0 bridgehead atoms. The van der Waals surface area contributed by atoms with E-state index in [1.165, 1.54) is 0 Å². The van der Waals surface area contributed by atoms with Gasteiger partial charge in [0.15, 0.2) is 0 Å². The monoisotopic (exact) mass is 468 g/mol. The smallest absolute Gasteiger partial charge is 0.407 e. The van der Waals surface area contributed by atoms with Gasteiger partial charge in [-0.1, -0.05) is 61.9 Å². The van der Waals surface area contributed by atoms with E-state index in [0.29, 0.717) is 13.0 Å². The van der Waals surface area contributed by atoms with Crippen LogP contribution in [0.4, 0.5) is 4.79 Å². The van der Waals surface area contributed by atoms with Gasteiger partial charge in [0.2, 0.25) is 5.91 Å². The molecule has 2 aromatic carbocycles. The lowest BCUT2D eigenvalue weighted by Gasteiger charge is -2.23. The fraction of sp³-hybridized carbons (Fsp3) is 0.423. The lowest BCUT2D eigenvalue weighted by atomic mass is 9.98. The van der Waals surface area contributed by atoms with Crippen molar-refractivity contribution in [1.29, 1.82) is 0 Å². The van der Waals surface area contributed by atoms with Crippen LogP contribution in [0.2, 0.25) is 0 Å². The molecule has 2 aromatic rings. The Bertz CT molecular complexity index is 957. The van der Waals surface area contributed by atoms with Gasteiger partial charge in [-0.05, 0) is 35.1 Å². The molecule has 0 saturated carbocycles. The minimum absolute atomic E-state index is 0.0445. The SMILES string of the molecule is CCCC(COC)NC(=O)C(CCC(=O)O)NC(=O)OCC1c2ccccc2-c2ccccc21. The molecule has 0 aromatic heterocycles. The average Bonchev–Trinajstić information content (AvgIpc) is 3.14. The van der Waals surface area contributed by atoms with Crippen molar-refractivity contribution in [1.82, 2.24) is 10.6 Å². The molecule has 8 nitrogen and oxygen atoms in total. The van der Waals surface area contributed by atoms with E-state index < -0.39 is 24.0 Å². The molecule has 0 saturated heterocycles. The van der Waals surface area contributed by atoms with Gasteiger partial charge in [0, 0.05) is 19.4 Å². The highest BCUT2D eigenvalue weighted by atomic mass is 16.5. The number of carboxylic acid groups (broad SMARTS) is 1. The maximum Gasteiger partial charge on any atom is 0.407 e. The summed E-state index contributed by atoms with van der Waals surface area (Å²) in [6.07, 6.45) is 0.484. The number of hydrogen-bond donors (Lipinski definition) is 3. The largest absolute Gasteiger partial charge is 0.481 e. The van der Waals surface area contributed by atoms with Gasteiger partial charge in [-0.2, -0.15) is 0 Å². The maximum absolute atomic E-state index is 12.8. The third kappa shape index (κ3) is 6.35. The molecule has 2 unspecified atom stereocenters. The van der Waals surface area contributed by atoms with E-state index in [1.807, 2.05) is 55.5 Å². The van der Waals surface area contributed by atoms with Gasteiger partial charge in [0.1, 0.15) is 12.6 Å². The van der Waals surface area contributed by atoms with Crippen LogP contribution in [0.5, 0.6) is 0 Å². The number of ether oxygens (including phenoxy) is 2. The maximum atomic E-state index is 12.8. The second-order valence-electron chi connectivity index (χ2n) is 8.40. The number of alkyl carbamates (subject to hydrolysis) is 1. The summed E-state index contributed by atoms with van der Waals surface area (Å²) in [7, 11) is 1.55. The Morgan fingerprint density at radius 1 is 0.971 bits per heavy atom. The molecule has 3 N–H and O–H groups in total. The Kier molecular flexibility index (Phi) is 9.04. The molecule has 0 aliphatic heterocycles. The number of carbonyl (C=O) groups is 3. The molecule has 3 rings (SSSR count). The molecular formula is C26H32N2O6. The zero-order valence-corrected chi connectivity index (χ0v) is 19.6. The molecule has 1 aliphatic rings. The lowest BCUT2D eigenvalue weighted by Crippen LogP contribution is -2.51. The van der Waals surface area contributed by atoms with Crippen molar-refractivity contribution >= 4 is 18.0 Å². The molecule has 1 aliphatic carbocycles. The molecule has 34 heavy (non-hydrogen) atoms. The number of benzene rings is 2. The lowest BCUT2D eigenvalue weighted by molar-refractivity contribution is -0.137. The predicted octanol–water partition coefficient (Wildman–Crippen LogP) is 3.69. The first-order valence-corrected chi connectivity index (χ1v) is 11.6. The summed E-state index contributed by atoms with van der Waals surface area (Å²) in [4.78, 5) is 36.5. The highest BCUT2D eigenvalue weighted by Gasteiger charge is 2.30. The molecule has 8 heteroatoms. The summed E-state index contributed by atoms with van der Waals surface area (Å²) < 4.78 is 10.7. The first kappa shape index (κ1) is 25.2. The number of hydrogen-bond acceptors (Lipinski definition) is 5. The van der Waals surface area contributed by atoms with Crippen molar-refractivity contribution in [2.45, 2.75) is 50.6 Å². The van der Waals surface area contributed by atoms with Crippen molar-refractivity contribution in [2.75, 3.05) is 20.3 Å². The van der Waals surface area contributed by atoms with Gasteiger partial charge in [-0.25, -0.2) is 4.79 Å². The van der Waals surface area contributed by atoms with Crippen molar-refractivity contribution in [3.63, 3.8) is 0 Å². The normalized spacial score (nSPS) is 13.9. The van der Waals surface area contributed by atoms with Gasteiger partial charge in [-0.15, -0.1) is 0 Å². The van der Waals surface area contributed by atoms with E-state index >= 15 is 0 Å². The molecule has 0 fully saturated rings. The summed E-state index contributed by atoms with van der Waals surface area (Å²) in [6, 6.07) is 14.8. The Balaban J connectivity index is 1.65. The Morgan fingerprint density at radius 2 is 1.59 bits per heavy atom. The molecular weight excluding hydrogens is 436 g/mol. The first-order chi connectivity index (χ1) is 16.4. The van der Waals surface area contributed by atoms with Gasteiger partial charge in [-0.3, -0.25) is 9.59 Å². The summed E-state index contributed by atoms with van der Waals surface area (Å²) in [6.45, 7) is 2.43. The van der Waals surface area contributed by atoms with Crippen LogP contribution in [0, 0.1) is 0 Å². The van der Waals surface area contributed by atoms with Gasteiger partial charge in [0.25, 0.3) is 0 Å². The standard InChI is InChI=1S/C26H32N2O6/c1-3-8-17(15-33-2)27-25(31)23(13-14-24(29)30)28-26(32)34-16-22-20-11-6-4-9-18(20)19-10-5-7-12-21(19)22/h4-7,9-12,17,22-23H,3,8,13-16H2,1-2H3,(H,27,31)(H,28,32)(H,29,30). The van der Waals surface area contributed by atoms with Crippen LogP contribution in [-0.2, 0) is 19.1 Å². The highest BCUT2D eigenvalue weighted by Crippen LogP contribution is 2.44. The molecule has 2 amide bonds. The first-order valence-electron chi connectivity index (χ1n) is 11.6. The minimum Gasteiger partial charge on any atom is -0.481 e. The average molecular weight is 469 g/mol. The Morgan fingerprint density at radius 3 is 2.15 bits per heavy atom. The molecule has 2 atom stereocenters. The van der Waals surface area contributed by atoms with Crippen LogP contribution in [-0.4, -0.2) is 55.5 Å². The van der Waals surface area contributed by atoms with E-state index in [0.717, 1.165) is 28.7 Å². The van der Waals surface area contributed by atoms with Crippen LogP contribution >= 0.6 is 0 Å². The van der Waals surface area contributed by atoms with E-state index in [2.05, 4.69) is 10.6 Å². The summed E-state index contributed by atoms with van der Waals surface area (Å²) in [5.41, 5.74) is 4.40. The third-order valence-corrected chi connectivity index (χ3v) is 5.95. The predicted molar refractivity (Wildman–Crippen MR) is 128 cm³/mol. The van der Waals surface area contributed by atoms with Crippen LogP contribution in [0.25, 0.3) is 11.1 Å². The van der Waals surface area contributed by atoms with E-state index in [9.17, 15) is 14.4 Å². The molecule has 0 spiro atoms. The Hall–Kier alpha value is -3.39. The minimum atomic E-state index is -1.05. The van der Waals surface area contributed by atoms with E-state index in [-0.39, 0.29) is 31.4 Å². The molecule has 182 valence electrons. The fourth-order valence-electron chi connectivity index (χ4n) is 4.37. The number of aliphatic carboxylic acids is 1. The van der Waals surface area contributed by atoms with Crippen LogP contribution in [0.3, 0.4) is 0 Å². The number of nitrogens with one attached hydrogen (secondary N) is 2. The number of rotatable bonds is 12. The summed E-state index contributed by atoms with van der Waals surface area (Å²) in [5, 5.41) is 14.5. The summed E-state index contributed by atoms with van der Waals surface area (Å²) >= 11 is 0. The molecule has 0 radical (unpaired) electrons. The highest BCUT2D eigenvalue weighted by molar-refractivity contribution is 5.86. The number of fused-ring (bicyclic) bond motifs is 3. The van der Waals surface area contributed by atoms with Gasteiger partial charge >= 0.3 is 12.1 Å². The second kappa shape index (κ2) is 12.2. The van der Waals surface area contributed by atoms with E-state index in [1.54, 1.807) is 7.11 Å². The number of carbonyl (C=O) groups excluding carboxylic acids is 2. The van der Waals surface area contributed by atoms with Crippen molar-refractivity contribution in [3.05, 3.63) is 59.7 Å². The fourth-order valence-corrected chi connectivity index (χ4v) is 4.37. The number of amides is 2. The van der Waals surface area contributed by atoms with Gasteiger partial charge in [0.05, 0.1) is 12.6 Å². The second-order valence-corrected chi connectivity index (χ2v) is 8.40. The zero-order valence-electron chi connectivity index (χ0n) is 19.6. The van der Waals surface area contributed by atoms with Crippen LogP contribution < -0.4 is 10.6 Å². The van der Waals surface area contributed by atoms with Crippen LogP contribution in [0.15, 0.2) is 48.5 Å². The summed E-state index contributed by atoms with van der Waals surface area (Å²) in [5.74, 6) is -1.61. The Labute approximate surface area is 199 Å². The zero-order chi connectivity index (χ0) is 24.5. The quantitative estimate of drug-likeness (QED) is 0.438. The van der Waals surface area contributed by atoms with Crippen molar-refractivity contribution in [2.24, 2.45) is 0 Å². The van der Waals surface area contributed by atoms with E-state index in [4.69, 9.17) is 14.6 Å². The molecule has 0 heterocycles. The third-order valence-electron chi connectivity index (χ3n) is 5.95. The van der Waals surface area contributed by atoms with Crippen molar-refractivity contribution in [3.8, 4) is 11.1 Å². The van der Waals surface area contributed by atoms with Gasteiger partial charge < -0.3 is 25.2 Å². The van der Waals surface area contributed by atoms with Crippen LogP contribution in [0.1, 0.15) is 49.7 Å². The topological polar surface area (TPSA) is 114 Å². The van der Waals surface area contributed by atoms with Crippen molar-refractivity contribution < 1.29 is 29.0 Å². The number of methoxy groups -OCH3 is 1.